The van der Waals surface area contributed by atoms with Gasteiger partial charge in [-0.3, -0.25) is 0 Å². The van der Waals surface area contributed by atoms with Gasteiger partial charge in [0.15, 0.2) is 5.82 Å². The number of nitrogens with two attached hydrogens (primary N) is 1. The largest absolute Gasteiger partial charge is 0.390 e. The predicted octanol–water partition coefficient (Wildman–Crippen LogP) is 3.96. The highest BCUT2D eigenvalue weighted by molar-refractivity contribution is 14.1. The maximum Gasteiger partial charge on any atom is 0.153 e. The molecule has 0 bridgehead atoms. The Labute approximate surface area is 193 Å². The first-order valence-corrected chi connectivity index (χ1v) is 11.6. The van der Waals surface area contributed by atoms with Crippen LogP contribution in [0, 0.1) is 12.3 Å². The number of hydrogen-bond donors (Lipinski definition) is 2. The molecule has 3 N–H and O–H groups in total. The molecular weight excluding hydrogens is 526 g/mol. The van der Waals surface area contributed by atoms with Crippen molar-refractivity contribution in [1.29, 1.82) is 0 Å². The second-order valence-corrected chi connectivity index (χ2v) is 9.74. The van der Waals surface area contributed by atoms with Crippen molar-refractivity contribution in [3.05, 3.63) is 39.6 Å². The quantitative estimate of drug-likeness (QED) is 0.446. The van der Waals surface area contributed by atoms with Crippen LogP contribution in [0.1, 0.15) is 24.2 Å². The lowest BCUT2D eigenvalue weighted by atomic mass is 9.75. The van der Waals surface area contributed by atoms with E-state index in [2.05, 4.69) is 27.5 Å². The SMILES string of the molecule is Cc1nc(N2CCC3(CC2)CO[C@@H](I)[C@@H]3N)c(CO)nc1-c1cccc(Cl)c1Cl. The van der Waals surface area contributed by atoms with Crippen LogP contribution >= 0.6 is 45.8 Å². The number of alkyl halides is 1. The number of rotatable bonds is 3. The fourth-order valence-electron chi connectivity index (χ4n) is 4.21. The number of nitrogens with zero attached hydrogens (tertiary/aromatic N) is 3. The van der Waals surface area contributed by atoms with Crippen LogP contribution in [-0.4, -0.2) is 44.9 Å². The summed E-state index contributed by atoms with van der Waals surface area (Å²) >= 11 is 14.8. The molecule has 1 aromatic carbocycles. The molecule has 2 saturated heterocycles. The van der Waals surface area contributed by atoms with E-state index in [-0.39, 0.29) is 22.2 Å². The van der Waals surface area contributed by atoms with Crippen LogP contribution in [0.15, 0.2) is 18.2 Å². The summed E-state index contributed by atoms with van der Waals surface area (Å²) in [6.45, 7) is 4.02. The molecule has 9 heteroatoms. The number of anilines is 1. The number of aromatic nitrogens is 2. The monoisotopic (exact) mass is 548 g/mol. The van der Waals surface area contributed by atoms with E-state index < -0.39 is 0 Å². The Morgan fingerprint density at radius 3 is 2.66 bits per heavy atom. The van der Waals surface area contributed by atoms with E-state index in [9.17, 15) is 5.11 Å². The van der Waals surface area contributed by atoms with Gasteiger partial charge in [-0.15, -0.1) is 0 Å². The van der Waals surface area contributed by atoms with Gasteiger partial charge in [-0.1, -0.05) is 35.3 Å². The molecule has 0 aliphatic carbocycles. The maximum atomic E-state index is 9.99. The first-order chi connectivity index (χ1) is 13.9. The normalized spacial score (nSPS) is 23.7. The Balaban J connectivity index is 1.63. The van der Waals surface area contributed by atoms with Gasteiger partial charge in [0.1, 0.15) is 9.80 Å². The molecule has 4 rings (SSSR count). The van der Waals surface area contributed by atoms with Crippen LogP contribution in [0.5, 0.6) is 0 Å². The van der Waals surface area contributed by atoms with Gasteiger partial charge in [0.2, 0.25) is 0 Å². The second kappa shape index (κ2) is 8.43. The number of halogens is 3. The van der Waals surface area contributed by atoms with Crippen molar-refractivity contribution in [3.8, 4) is 11.3 Å². The molecule has 2 aliphatic rings. The number of aliphatic hydroxyl groups is 1. The number of benzene rings is 1. The molecular formula is C20H23Cl2IN4O2. The molecule has 1 spiro atoms. The van der Waals surface area contributed by atoms with Crippen molar-refractivity contribution in [2.75, 3.05) is 24.6 Å². The van der Waals surface area contributed by atoms with Gasteiger partial charge in [0, 0.05) is 30.1 Å². The first-order valence-electron chi connectivity index (χ1n) is 9.55. The Kier molecular flexibility index (Phi) is 6.26. The van der Waals surface area contributed by atoms with Crippen LogP contribution in [0.3, 0.4) is 0 Å². The Bertz CT molecular complexity index is 922. The fourth-order valence-corrected chi connectivity index (χ4v) is 5.54. The summed E-state index contributed by atoms with van der Waals surface area (Å²) in [6.07, 6.45) is 1.86. The van der Waals surface area contributed by atoms with Crippen molar-refractivity contribution in [1.82, 2.24) is 9.97 Å². The highest BCUT2D eigenvalue weighted by Gasteiger charge is 2.48. The molecule has 0 amide bonds. The molecule has 29 heavy (non-hydrogen) atoms. The number of hydrogen-bond acceptors (Lipinski definition) is 6. The number of aryl methyl sites for hydroxylation is 1. The van der Waals surface area contributed by atoms with E-state index >= 15 is 0 Å². The Morgan fingerprint density at radius 2 is 2.03 bits per heavy atom. The van der Waals surface area contributed by atoms with Crippen LogP contribution < -0.4 is 10.6 Å². The van der Waals surface area contributed by atoms with Crippen LogP contribution in [-0.2, 0) is 11.3 Å². The summed E-state index contributed by atoms with van der Waals surface area (Å²) in [5.41, 5.74) is 9.08. The van der Waals surface area contributed by atoms with Gasteiger partial charge in [0.05, 0.1) is 34.6 Å². The van der Waals surface area contributed by atoms with E-state index in [1.54, 1.807) is 6.07 Å². The number of piperidine rings is 1. The minimum atomic E-state index is -0.201. The van der Waals surface area contributed by atoms with E-state index in [1.165, 1.54) is 0 Å². The summed E-state index contributed by atoms with van der Waals surface area (Å²) in [6, 6.07) is 5.47. The highest BCUT2D eigenvalue weighted by atomic mass is 127. The zero-order valence-electron chi connectivity index (χ0n) is 16.0. The minimum absolute atomic E-state index is 0.0263. The summed E-state index contributed by atoms with van der Waals surface area (Å²) in [4.78, 5) is 11.7. The molecule has 2 aromatic rings. The average molecular weight is 549 g/mol. The van der Waals surface area contributed by atoms with Gasteiger partial charge in [-0.05, 0) is 48.4 Å². The predicted molar refractivity (Wildman–Crippen MR) is 124 cm³/mol. The van der Waals surface area contributed by atoms with Crippen LogP contribution in [0.2, 0.25) is 10.0 Å². The Hall–Kier alpha value is -0.710. The van der Waals surface area contributed by atoms with Gasteiger partial charge in [-0.2, -0.15) is 0 Å². The van der Waals surface area contributed by atoms with Crippen molar-refractivity contribution in [2.24, 2.45) is 11.1 Å². The third-order valence-corrected chi connectivity index (χ3v) is 8.01. The smallest absolute Gasteiger partial charge is 0.153 e. The van der Waals surface area contributed by atoms with E-state index in [0.29, 0.717) is 33.6 Å². The molecule has 2 aliphatic heterocycles. The maximum absolute atomic E-state index is 9.99. The molecule has 0 saturated carbocycles. The topological polar surface area (TPSA) is 84.5 Å². The summed E-state index contributed by atoms with van der Waals surface area (Å²) in [5.74, 6) is 0.722. The molecule has 156 valence electrons. The zero-order valence-corrected chi connectivity index (χ0v) is 19.7. The van der Waals surface area contributed by atoms with E-state index in [0.717, 1.165) is 37.4 Å². The van der Waals surface area contributed by atoms with Crippen LogP contribution in [0.4, 0.5) is 5.82 Å². The zero-order chi connectivity index (χ0) is 20.8. The third kappa shape index (κ3) is 3.85. The molecule has 0 unspecified atom stereocenters. The minimum Gasteiger partial charge on any atom is -0.390 e. The van der Waals surface area contributed by atoms with E-state index in [1.807, 2.05) is 19.1 Å². The van der Waals surface area contributed by atoms with Crippen LogP contribution in [0.25, 0.3) is 11.3 Å². The molecule has 1 aromatic heterocycles. The lowest BCUT2D eigenvalue weighted by Crippen LogP contribution is -2.50. The third-order valence-electron chi connectivity index (χ3n) is 6.06. The Morgan fingerprint density at radius 1 is 1.31 bits per heavy atom. The molecule has 0 radical (unpaired) electrons. The van der Waals surface area contributed by atoms with Crippen molar-refractivity contribution in [3.63, 3.8) is 0 Å². The lowest BCUT2D eigenvalue weighted by molar-refractivity contribution is 0.127. The summed E-state index contributed by atoms with van der Waals surface area (Å²) < 4.78 is 5.87. The highest BCUT2D eigenvalue weighted by Crippen LogP contribution is 2.44. The summed E-state index contributed by atoms with van der Waals surface area (Å²) in [7, 11) is 0. The first kappa shape index (κ1) is 21.5. The number of ether oxygens (including phenoxy) is 1. The fraction of sp³-hybridized carbons (Fsp3) is 0.500. The van der Waals surface area contributed by atoms with Gasteiger partial charge < -0.3 is 20.5 Å². The van der Waals surface area contributed by atoms with Gasteiger partial charge >= 0.3 is 0 Å². The molecule has 3 heterocycles. The van der Waals surface area contributed by atoms with Crippen molar-refractivity contribution >= 4 is 51.6 Å². The van der Waals surface area contributed by atoms with E-state index in [4.69, 9.17) is 43.6 Å². The molecule has 2 fully saturated rings. The number of aliphatic hydroxyl groups excluding tert-OH is 1. The summed E-state index contributed by atoms with van der Waals surface area (Å²) in [5, 5.41) is 10.9. The average Bonchev–Trinajstić information content (AvgIpc) is 2.99. The second-order valence-electron chi connectivity index (χ2n) is 7.72. The molecule has 6 nitrogen and oxygen atoms in total. The van der Waals surface area contributed by atoms with Crippen molar-refractivity contribution < 1.29 is 9.84 Å². The lowest BCUT2D eigenvalue weighted by Gasteiger charge is -2.41. The van der Waals surface area contributed by atoms with Gasteiger partial charge in [-0.25, -0.2) is 9.97 Å². The molecule has 2 atom stereocenters. The van der Waals surface area contributed by atoms with Crippen molar-refractivity contribution in [2.45, 2.75) is 36.5 Å². The standard InChI is InChI=1S/C20H23Cl2IN4O2/c1-11-16(12-3-2-4-13(21)15(12)22)26-14(9-28)19(25-11)27-7-5-20(6-8-27)10-29-18(23)17(20)24/h2-4,17-18,28H,5-10,24H2,1H3/t17-,18+/m0/s1. The van der Waals surface area contributed by atoms with Gasteiger partial charge in [0.25, 0.3) is 0 Å².